The molecular formula is C14H6Br3IN2O3. The Balaban J connectivity index is 1.77. The van der Waals surface area contributed by atoms with E-state index in [0.29, 0.717) is 16.0 Å². The zero-order valence-electron chi connectivity index (χ0n) is 11.1. The van der Waals surface area contributed by atoms with Gasteiger partial charge in [-0.15, -0.1) is 0 Å². The van der Waals surface area contributed by atoms with E-state index in [2.05, 4.69) is 80.9 Å². The summed E-state index contributed by atoms with van der Waals surface area (Å²) in [5, 5.41) is 4.70. The van der Waals surface area contributed by atoms with E-state index in [1.165, 1.54) is 6.21 Å². The molecule has 0 saturated carbocycles. The maximum atomic E-state index is 12.1. The standard InChI is InChI=1S/C14H6Br3IN2O3/c15-7-1-6-2-11(23-12(6)10(18)3-7)14(21)20-19-5-8-4-9(16)13(17)22-8/h1-5H,(H,20,21)/b19-5-. The topological polar surface area (TPSA) is 67.7 Å². The van der Waals surface area contributed by atoms with E-state index in [9.17, 15) is 4.79 Å². The molecule has 2 heterocycles. The highest BCUT2D eigenvalue weighted by Crippen LogP contribution is 2.28. The average Bonchev–Trinajstić information content (AvgIpc) is 3.03. The van der Waals surface area contributed by atoms with Crippen LogP contribution in [0.3, 0.4) is 0 Å². The average molecular weight is 617 g/mol. The monoisotopic (exact) mass is 614 g/mol. The minimum Gasteiger partial charge on any atom is -0.450 e. The van der Waals surface area contributed by atoms with E-state index < -0.39 is 5.91 Å². The Morgan fingerprint density at radius 1 is 1.17 bits per heavy atom. The molecule has 9 heteroatoms. The highest BCUT2D eigenvalue weighted by Gasteiger charge is 2.14. The summed E-state index contributed by atoms with van der Waals surface area (Å²) < 4.78 is 14.1. The first-order valence-electron chi connectivity index (χ1n) is 6.11. The van der Waals surface area contributed by atoms with Crippen LogP contribution in [0.25, 0.3) is 11.0 Å². The van der Waals surface area contributed by atoms with Crippen LogP contribution in [0.2, 0.25) is 0 Å². The van der Waals surface area contributed by atoms with Crippen molar-refractivity contribution in [1.29, 1.82) is 0 Å². The molecule has 0 spiro atoms. The van der Waals surface area contributed by atoms with E-state index in [-0.39, 0.29) is 5.76 Å². The first-order chi connectivity index (χ1) is 10.9. The number of halogens is 4. The molecule has 23 heavy (non-hydrogen) atoms. The number of benzene rings is 1. The lowest BCUT2D eigenvalue weighted by molar-refractivity contribution is 0.0929. The maximum absolute atomic E-state index is 12.1. The van der Waals surface area contributed by atoms with Crippen molar-refractivity contribution in [3.8, 4) is 0 Å². The molecule has 0 unspecified atom stereocenters. The lowest BCUT2D eigenvalue weighted by Crippen LogP contribution is -2.16. The fourth-order valence-corrected chi connectivity index (χ4v) is 4.09. The predicted molar refractivity (Wildman–Crippen MR) is 106 cm³/mol. The molecule has 0 aliphatic carbocycles. The number of nitrogens with one attached hydrogen (secondary N) is 1. The van der Waals surface area contributed by atoms with Gasteiger partial charge < -0.3 is 8.83 Å². The highest BCUT2D eigenvalue weighted by atomic mass is 127. The third kappa shape index (κ3) is 3.89. The Hall–Kier alpha value is -0.650. The molecule has 0 atom stereocenters. The van der Waals surface area contributed by atoms with E-state index >= 15 is 0 Å². The first kappa shape index (κ1) is 17.2. The summed E-state index contributed by atoms with van der Waals surface area (Å²) in [6.07, 6.45) is 1.40. The Kier molecular flexibility index (Phi) is 5.29. The molecule has 1 N–H and O–H groups in total. The maximum Gasteiger partial charge on any atom is 0.307 e. The number of hydrazone groups is 1. The van der Waals surface area contributed by atoms with Crippen LogP contribution < -0.4 is 5.43 Å². The molecule has 118 valence electrons. The van der Waals surface area contributed by atoms with Gasteiger partial charge in [0.05, 0.1) is 14.3 Å². The van der Waals surface area contributed by atoms with Crippen LogP contribution in [-0.4, -0.2) is 12.1 Å². The van der Waals surface area contributed by atoms with Gasteiger partial charge in [-0.3, -0.25) is 4.79 Å². The normalized spacial score (nSPS) is 11.5. The number of carbonyl (C=O) groups excluding carboxylic acids is 1. The van der Waals surface area contributed by atoms with Crippen LogP contribution in [0.1, 0.15) is 16.3 Å². The molecular weight excluding hydrogens is 611 g/mol. The van der Waals surface area contributed by atoms with E-state index in [4.69, 9.17) is 8.83 Å². The summed E-state index contributed by atoms with van der Waals surface area (Å²) in [6, 6.07) is 7.20. The Morgan fingerprint density at radius 2 is 1.96 bits per heavy atom. The summed E-state index contributed by atoms with van der Waals surface area (Å²) in [5.74, 6) is 0.246. The molecule has 0 bridgehead atoms. The van der Waals surface area contributed by atoms with Gasteiger partial charge in [0.15, 0.2) is 10.4 Å². The Labute approximate surface area is 169 Å². The van der Waals surface area contributed by atoms with Crippen molar-refractivity contribution < 1.29 is 13.6 Å². The fourth-order valence-electron chi connectivity index (χ4n) is 1.82. The zero-order valence-corrected chi connectivity index (χ0v) is 18.0. The van der Waals surface area contributed by atoms with Gasteiger partial charge in [0.2, 0.25) is 0 Å². The van der Waals surface area contributed by atoms with Crippen molar-refractivity contribution in [3.63, 3.8) is 0 Å². The smallest absolute Gasteiger partial charge is 0.307 e. The summed E-state index contributed by atoms with van der Waals surface area (Å²) in [6.45, 7) is 0. The minimum absolute atomic E-state index is 0.190. The summed E-state index contributed by atoms with van der Waals surface area (Å²) in [7, 11) is 0. The van der Waals surface area contributed by atoms with Crippen molar-refractivity contribution in [2.75, 3.05) is 0 Å². The number of fused-ring (bicyclic) bond motifs is 1. The van der Waals surface area contributed by atoms with Gasteiger partial charge in [-0.1, -0.05) is 15.9 Å². The third-order valence-electron chi connectivity index (χ3n) is 2.78. The molecule has 3 rings (SSSR count). The summed E-state index contributed by atoms with van der Waals surface area (Å²) >= 11 is 12.1. The molecule has 0 saturated heterocycles. The predicted octanol–water partition coefficient (Wildman–Crippen LogP) is 5.68. The molecule has 5 nitrogen and oxygen atoms in total. The van der Waals surface area contributed by atoms with Crippen molar-refractivity contribution in [2.45, 2.75) is 0 Å². The quantitative estimate of drug-likeness (QED) is 0.234. The highest BCUT2D eigenvalue weighted by molar-refractivity contribution is 14.1. The number of carbonyl (C=O) groups is 1. The van der Waals surface area contributed by atoms with Crippen LogP contribution in [-0.2, 0) is 0 Å². The van der Waals surface area contributed by atoms with Gasteiger partial charge in [0.25, 0.3) is 0 Å². The van der Waals surface area contributed by atoms with Gasteiger partial charge in [0.1, 0.15) is 11.3 Å². The SMILES string of the molecule is O=C(N/N=C\c1cc(Br)c(Br)o1)c1cc2cc(Br)cc(I)c2o1. The van der Waals surface area contributed by atoms with Crippen LogP contribution in [0, 0.1) is 3.57 Å². The summed E-state index contributed by atoms with van der Waals surface area (Å²) in [4.78, 5) is 12.1. The molecule has 0 aliphatic rings. The lowest BCUT2D eigenvalue weighted by atomic mass is 10.2. The van der Waals surface area contributed by atoms with E-state index in [0.717, 1.165) is 17.9 Å². The second kappa shape index (κ2) is 7.08. The first-order valence-corrected chi connectivity index (χ1v) is 9.56. The Bertz CT molecular complexity index is 913. The zero-order chi connectivity index (χ0) is 16.6. The molecule has 1 aromatic carbocycles. The van der Waals surface area contributed by atoms with Crippen LogP contribution >= 0.6 is 70.4 Å². The van der Waals surface area contributed by atoms with E-state index in [1.807, 2.05) is 12.1 Å². The van der Waals surface area contributed by atoms with Gasteiger partial charge in [0, 0.05) is 15.9 Å². The van der Waals surface area contributed by atoms with Gasteiger partial charge in [-0.05, 0) is 72.6 Å². The van der Waals surface area contributed by atoms with Crippen molar-refractivity contribution in [1.82, 2.24) is 5.43 Å². The number of amides is 1. The lowest BCUT2D eigenvalue weighted by Gasteiger charge is -1.95. The number of nitrogens with zero attached hydrogens (tertiary/aromatic N) is 1. The third-order valence-corrected chi connectivity index (χ3v) is 5.75. The molecule has 2 aromatic heterocycles. The fraction of sp³-hybridized carbons (Fsp3) is 0. The molecule has 0 fully saturated rings. The number of furan rings is 2. The van der Waals surface area contributed by atoms with Crippen LogP contribution in [0.4, 0.5) is 0 Å². The molecule has 0 aliphatic heterocycles. The van der Waals surface area contributed by atoms with Gasteiger partial charge in [-0.2, -0.15) is 5.10 Å². The molecule has 0 radical (unpaired) electrons. The second-order valence-corrected chi connectivity index (χ2v) is 8.04. The van der Waals surface area contributed by atoms with Crippen LogP contribution in [0.5, 0.6) is 0 Å². The van der Waals surface area contributed by atoms with Crippen molar-refractivity contribution in [2.24, 2.45) is 5.10 Å². The number of hydrogen-bond donors (Lipinski definition) is 1. The molecule has 3 aromatic rings. The number of hydrogen-bond acceptors (Lipinski definition) is 4. The summed E-state index contributed by atoms with van der Waals surface area (Å²) in [5.41, 5.74) is 3.07. The Morgan fingerprint density at radius 3 is 2.65 bits per heavy atom. The van der Waals surface area contributed by atoms with Gasteiger partial charge in [-0.25, -0.2) is 5.43 Å². The number of rotatable bonds is 3. The van der Waals surface area contributed by atoms with Crippen molar-refractivity contribution >= 4 is 93.5 Å². The second-order valence-electron chi connectivity index (χ2n) is 4.39. The minimum atomic E-state index is -0.436. The van der Waals surface area contributed by atoms with E-state index in [1.54, 1.807) is 12.1 Å². The van der Waals surface area contributed by atoms with Gasteiger partial charge >= 0.3 is 5.91 Å². The largest absolute Gasteiger partial charge is 0.450 e. The van der Waals surface area contributed by atoms with Crippen molar-refractivity contribution in [3.05, 3.63) is 53.0 Å². The van der Waals surface area contributed by atoms with Crippen LogP contribution in [0.15, 0.2) is 51.8 Å². The molecule has 1 amide bonds.